The maximum atomic E-state index is 13.9. The number of amides is 1. The van der Waals surface area contributed by atoms with Crippen LogP contribution in [0.25, 0.3) is 11.3 Å². The van der Waals surface area contributed by atoms with Gasteiger partial charge in [0.05, 0.1) is 11.6 Å². The minimum absolute atomic E-state index is 0.00101. The number of aliphatic hydroxyl groups excluding tert-OH is 2. The Bertz CT molecular complexity index is 1480. The monoisotopic (exact) mass is 520 g/mol. The second-order valence-electron chi connectivity index (χ2n) is 10.5. The van der Waals surface area contributed by atoms with Gasteiger partial charge in [0.1, 0.15) is 22.8 Å². The zero-order valence-corrected chi connectivity index (χ0v) is 21.1. The molecule has 1 saturated carbocycles. The van der Waals surface area contributed by atoms with E-state index in [-0.39, 0.29) is 35.5 Å². The van der Waals surface area contributed by atoms with Crippen LogP contribution in [0.1, 0.15) is 36.5 Å². The van der Waals surface area contributed by atoms with Gasteiger partial charge >= 0.3 is 0 Å². The molecular weight excluding hydrogens is 492 g/mol. The third kappa shape index (κ3) is 3.26. The quantitative estimate of drug-likeness (QED) is 0.366. The number of carbonyl (C=O) groups excluding carboxylic acids is 4. The molecule has 0 bridgehead atoms. The van der Waals surface area contributed by atoms with E-state index in [4.69, 9.17) is 5.73 Å². The first-order valence-electron chi connectivity index (χ1n) is 12.2. The number of nitrogens with zero attached hydrogens (tertiary/aromatic N) is 1. The van der Waals surface area contributed by atoms with Crippen LogP contribution in [0, 0.1) is 11.8 Å². The predicted molar refractivity (Wildman–Crippen MR) is 136 cm³/mol. The van der Waals surface area contributed by atoms with Gasteiger partial charge in [-0.15, -0.1) is 0 Å². The lowest BCUT2D eigenvalue weighted by molar-refractivity contribution is -0.153. The van der Waals surface area contributed by atoms with Crippen molar-refractivity contribution in [3.8, 4) is 5.75 Å². The van der Waals surface area contributed by atoms with Crippen LogP contribution in [0.2, 0.25) is 0 Å². The molecule has 0 aromatic heterocycles. The molecule has 4 aliphatic rings. The first kappa shape index (κ1) is 25.6. The fourth-order valence-electron chi connectivity index (χ4n) is 6.55. The summed E-state index contributed by atoms with van der Waals surface area (Å²) in [6.45, 7) is 1.42. The van der Waals surface area contributed by atoms with E-state index < -0.39 is 58.0 Å². The molecule has 0 radical (unpaired) electrons. The Balaban J connectivity index is 1.71. The third-order valence-corrected chi connectivity index (χ3v) is 8.23. The SMILES string of the molecule is CC(=O)C1=C(c2ccc3c(c2O)C(O)=C2C(=O)[C@@]4(O)C(O)=C(C(N)=O)C(=O)[C@H](N(C)C)[C@H]4C[C@H]2C3)CC=C1. The van der Waals surface area contributed by atoms with Gasteiger partial charge in [-0.2, -0.15) is 0 Å². The van der Waals surface area contributed by atoms with Crippen molar-refractivity contribution in [2.75, 3.05) is 14.1 Å². The number of aromatic hydroxyl groups is 1. The molecule has 198 valence electrons. The zero-order valence-electron chi connectivity index (χ0n) is 21.1. The fourth-order valence-corrected chi connectivity index (χ4v) is 6.55. The van der Waals surface area contributed by atoms with Crippen LogP contribution in [-0.2, 0) is 25.6 Å². The number of benzene rings is 1. The molecule has 0 aliphatic heterocycles. The normalized spacial score (nSPS) is 28.6. The molecule has 1 amide bonds. The van der Waals surface area contributed by atoms with Crippen molar-refractivity contribution in [2.45, 2.75) is 37.8 Å². The van der Waals surface area contributed by atoms with Gasteiger partial charge in [0.15, 0.2) is 17.2 Å². The molecule has 0 saturated heterocycles. The average Bonchev–Trinajstić information content (AvgIpc) is 3.31. The molecule has 1 fully saturated rings. The maximum Gasteiger partial charge on any atom is 0.255 e. The average molecular weight is 521 g/mol. The predicted octanol–water partition coefficient (Wildman–Crippen LogP) is 1.27. The summed E-state index contributed by atoms with van der Waals surface area (Å²) in [6.07, 6.45) is 4.09. The van der Waals surface area contributed by atoms with Gasteiger partial charge in [-0.25, -0.2) is 0 Å². The standard InChI is InChI=1S/C28H28N2O8/c1-11(31)14-5-4-6-15(14)16-8-7-12-9-13-10-17-21(30(2)3)24(34)20(27(29)37)26(36)28(17,38)25(35)19(13)23(33)18(12)22(16)32/h4-5,7-8,13,17,21,32-33,36,38H,6,9-10H2,1-3H3,(H2,29,37)/t13-,17-,21-,28-/m1/s1. The highest BCUT2D eigenvalue weighted by Crippen LogP contribution is 2.53. The van der Waals surface area contributed by atoms with E-state index in [9.17, 15) is 39.6 Å². The van der Waals surface area contributed by atoms with Gasteiger partial charge in [0, 0.05) is 22.6 Å². The van der Waals surface area contributed by atoms with E-state index in [1.807, 2.05) is 0 Å². The van der Waals surface area contributed by atoms with Crippen molar-refractivity contribution in [2.24, 2.45) is 17.6 Å². The number of fused-ring (bicyclic) bond motifs is 3. The van der Waals surface area contributed by atoms with Gasteiger partial charge < -0.3 is 26.2 Å². The van der Waals surface area contributed by atoms with Crippen LogP contribution in [0.5, 0.6) is 5.75 Å². The van der Waals surface area contributed by atoms with E-state index in [1.165, 1.54) is 11.8 Å². The van der Waals surface area contributed by atoms with Crippen LogP contribution in [0.15, 0.2) is 46.8 Å². The second kappa shape index (κ2) is 8.50. The number of hydrogen-bond acceptors (Lipinski definition) is 9. The smallest absolute Gasteiger partial charge is 0.255 e. The van der Waals surface area contributed by atoms with Gasteiger partial charge in [-0.1, -0.05) is 24.3 Å². The van der Waals surface area contributed by atoms with Gasteiger partial charge in [0.2, 0.25) is 5.78 Å². The summed E-state index contributed by atoms with van der Waals surface area (Å²) < 4.78 is 0. The molecule has 6 N–H and O–H groups in total. The van der Waals surface area contributed by atoms with E-state index in [0.717, 1.165) is 0 Å². The number of Topliss-reactive ketones (excluding diaryl/α,β-unsaturated/α-hetero) is 3. The molecule has 4 aliphatic carbocycles. The summed E-state index contributed by atoms with van der Waals surface area (Å²) in [5.74, 6) is -7.07. The molecule has 10 nitrogen and oxygen atoms in total. The summed E-state index contributed by atoms with van der Waals surface area (Å²) in [6, 6.07) is 2.25. The molecular formula is C28H28N2O8. The van der Waals surface area contributed by atoms with Crippen molar-refractivity contribution < 1.29 is 39.6 Å². The molecule has 1 aromatic carbocycles. The number of aliphatic hydroxyl groups is 3. The van der Waals surface area contributed by atoms with Crippen molar-refractivity contribution in [1.29, 1.82) is 0 Å². The minimum Gasteiger partial charge on any atom is -0.508 e. The van der Waals surface area contributed by atoms with Crippen molar-refractivity contribution in [1.82, 2.24) is 4.90 Å². The molecule has 38 heavy (non-hydrogen) atoms. The number of hydrogen-bond donors (Lipinski definition) is 5. The minimum atomic E-state index is -2.68. The van der Waals surface area contributed by atoms with Crippen LogP contribution < -0.4 is 5.73 Å². The highest BCUT2D eigenvalue weighted by atomic mass is 16.3. The third-order valence-electron chi connectivity index (χ3n) is 8.23. The summed E-state index contributed by atoms with van der Waals surface area (Å²) in [5, 5.41) is 45.2. The Hall–Kier alpha value is -4.02. The number of phenols is 1. The molecule has 10 heteroatoms. The van der Waals surface area contributed by atoms with Gasteiger partial charge in [0.25, 0.3) is 5.91 Å². The summed E-state index contributed by atoms with van der Waals surface area (Å²) in [7, 11) is 3.10. The molecule has 4 atom stereocenters. The lowest BCUT2D eigenvalue weighted by atomic mass is 9.57. The number of carbonyl (C=O) groups is 4. The first-order chi connectivity index (χ1) is 17.8. The zero-order chi connectivity index (χ0) is 27.8. The number of ketones is 3. The van der Waals surface area contributed by atoms with Crippen molar-refractivity contribution >= 4 is 34.6 Å². The second-order valence-corrected chi connectivity index (χ2v) is 10.5. The molecule has 0 heterocycles. The molecule has 0 unspecified atom stereocenters. The lowest BCUT2D eigenvalue weighted by Gasteiger charge is -2.50. The van der Waals surface area contributed by atoms with Crippen LogP contribution in [-0.4, -0.2) is 74.3 Å². The topological polar surface area (TPSA) is 178 Å². The number of allylic oxidation sites excluding steroid dienone is 4. The number of primary amides is 1. The van der Waals surface area contributed by atoms with Crippen LogP contribution in [0.4, 0.5) is 0 Å². The van der Waals surface area contributed by atoms with Crippen LogP contribution >= 0.6 is 0 Å². The van der Waals surface area contributed by atoms with E-state index in [1.54, 1.807) is 38.4 Å². The van der Waals surface area contributed by atoms with Gasteiger partial charge in [-0.05, 0) is 57.3 Å². The highest BCUT2D eigenvalue weighted by Gasteiger charge is 2.64. The van der Waals surface area contributed by atoms with Crippen molar-refractivity contribution in [3.63, 3.8) is 0 Å². The first-order valence-corrected chi connectivity index (χ1v) is 12.2. The highest BCUT2D eigenvalue weighted by molar-refractivity contribution is 6.24. The molecule has 0 spiro atoms. The fraction of sp³-hybridized carbons (Fsp3) is 0.357. The van der Waals surface area contributed by atoms with Crippen LogP contribution in [0.3, 0.4) is 0 Å². The summed E-state index contributed by atoms with van der Waals surface area (Å²) >= 11 is 0. The molecule has 1 aromatic rings. The summed E-state index contributed by atoms with van der Waals surface area (Å²) in [4.78, 5) is 52.6. The Labute approximate surface area is 218 Å². The largest absolute Gasteiger partial charge is 0.508 e. The van der Waals surface area contributed by atoms with Crippen molar-refractivity contribution in [3.05, 3.63) is 63.5 Å². The Morgan fingerprint density at radius 1 is 1.13 bits per heavy atom. The Morgan fingerprint density at radius 2 is 1.82 bits per heavy atom. The van der Waals surface area contributed by atoms with E-state index in [0.29, 0.717) is 28.7 Å². The Kier molecular flexibility index (Phi) is 5.73. The maximum absolute atomic E-state index is 13.9. The number of phenolic OH excluding ortho intramolecular Hbond substituents is 1. The van der Waals surface area contributed by atoms with E-state index >= 15 is 0 Å². The van der Waals surface area contributed by atoms with Gasteiger partial charge in [-0.3, -0.25) is 24.1 Å². The number of rotatable bonds is 4. The summed E-state index contributed by atoms with van der Waals surface area (Å²) in [5.41, 5.74) is 3.49. The number of likely N-dealkylation sites (N-methyl/N-ethyl adjacent to an activating group) is 1. The molecule has 5 rings (SSSR count). The Morgan fingerprint density at radius 3 is 2.42 bits per heavy atom. The van der Waals surface area contributed by atoms with E-state index in [2.05, 4.69) is 0 Å². The lowest BCUT2D eigenvalue weighted by Crippen LogP contribution is -2.65. The number of nitrogens with two attached hydrogens (primary N) is 1.